The molecule has 0 bridgehead atoms. The first kappa shape index (κ1) is 17.7. The number of anilines is 1. The second-order valence-electron chi connectivity index (χ2n) is 5.17. The van der Waals surface area contributed by atoms with Gasteiger partial charge in [-0.3, -0.25) is 9.59 Å². The number of aryl methyl sites for hydroxylation is 1. The number of carbonyl (C=O) groups is 3. The fraction of sp³-hybridized carbons (Fsp3) is 0.235. The van der Waals surface area contributed by atoms with Gasteiger partial charge in [0, 0.05) is 5.56 Å². The maximum Gasteiger partial charge on any atom is 0.348 e. The first-order valence-electron chi connectivity index (χ1n) is 7.33. The van der Waals surface area contributed by atoms with Crippen LogP contribution in [-0.2, 0) is 4.74 Å². The van der Waals surface area contributed by atoms with E-state index in [0.29, 0.717) is 11.1 Å². The molecule has 0 saturated carbocycles. The van der Waals surface area contributed by atoms with Crippen LogP contribution >= 0.6 is 11.3 Å². The smallest absolute Gasteiger partial charge is 0.348 e. The lowest BCUT2D eigenvalue weighted by atomic mass is 10.1. The molecule has 0 fully saturated rings. The van der Waals surface area contributed by atoms with Gasteiger partial charge in [-0.2, -0.15) is 0 Å². The van der Waals surface area contributed by atoms with Crippen LogP contribution in [0.4, 0.5) is 5.00 Å². The van der Waals surface area contributed by atoms with Gasteiger partial charge in [0.2, 0.25) is 0 Å². The number of benzene rings is 1. The van der Waals surface area contributed by atoms with Gasteiger partial charge < -0.3 is 15.8 Å². The van der Waals surface area contributed by atoms with Crippen molar-refractivity contribution in [3.8, 4) is 0 Å². The van der Waals surface area contributed by atoms with E-state index in [1.165, 1.54) is 0 Å². The quantitative estimate of drug-likeness (QED) is 0.813. The number of nitrogens with one attached hydrogen (secondary N) is 1. The van der Waals surface area contributed by atoms with Crippen molar-refractivity contribution in [3.63, 3.8) is 0 Å². The van der Waals surface area contributed by atoms with Crippen molar-refractivity contribution < 1.29 is 19.1 Å². The van der Waals surface area contributed by atoms with Crippen LogP contribution in [0.25, 0.3) is 0 Å². The van der Waals surface area contributed by atoms with Crippen LogP contribution in [0.2, 0.25) is 0 Å². The molecular weight excluding hydrogens is 328 g/mol. The topological polar surface area (TPSA) is 98.5 Å². The number of rotatable bonds is 5. The summed E-state index contributed by atoms with van der Waals surface area (Å²) >= 11 is 0.982. The number of amides is 2. The number of esters is 1. The lowest BCUT2D eigenvalue weighted by Gasteiger charge is -2.05. The van der Waals surface area contributed by atoms with E-state index in [-0.39, 0.29) is 28.0 Å². The molecule has 0 saturated heterocycles. The van der Waals surface area contributed by atoms with E-state index >= 15 is 0 Å². The number of nitrogens with two attached hydrogens (primary N) is 1. The second-order valence-corrected chi connectivity index (χ2v) is 6.19. The minimum Gasteiger partial charge on any atom is -0.462 e. The van der Waals surface area contributed by atoms with Gasteiger partial charge in [-0.05, 0) is 38.5 Å². The molecule has 2 amide bonds. The molecule has 3 N–H and O–H groups in total. The zero-order chi connectivity index (χ0) is 17.9. The Morgan fingerprint density at radius 3 is 2.54 bits per heavy atom. The van der Waals surface area contributed by atoms with E-state index in [0.717, 1.165) is 16.9 Å². The molecule has 0 aliphatic rings. The molecule has 1 heterocycles. The summed E-state index contributed by atoms with van der Waals surface area (Å²) in [6.45, 7) is 5.38. The predicted molar refractivity (Wildman–Crippen MR) is 92.7 cm³/mol. The molecule has 0 unspecified atom stereocenters. The highest BCUT2D eigenvalue weighted by Gasteiger charge is 2.25. The highest BCUT2D eigenvalue weighted by atomic mass is 32.1. The zero-order valence-corrected chi connectivity index (χ0v) is 14.5. The SMILES string of the molecule is CCOC(=O)c1sc(NC(=O)c2cccc(C)c2)c(C(N)=O)c1C. The van der Waals surface area contributed by atoms with Gasteiger partial charge in [-0.1, -0.05) is 17.7 Å². The number of hydrogen-bond acceptors (Lipinski definition) is 5. The molecule has 6 nitrogen and oxygen atoms in total. The van der Waals surface area contributed by atoms with Crippen LogP contribution in [0, 0.1) is 13.8 Å². The van der Waals surface area contributed by atoms with Gasteiger partial charge in [0.1, 0.15) is 9.88 Å². The maximum atomic E-state index is 12.4. The van der Waals surface area contributed by atoms with Crippen molar-refractivity contribution in [1.29, 1.82) is 0 Å². The van der Waals surface area contributed by atoms with Crippen molar-refractivity contribution in [2.75, 3.05) is 11.9 Å². The number of thiophene rings is 1. The fourth-order valence-electron chi connectivity index (χ4n) is 2.25. The van der Waals surface area contributed by atoms with Gasteiger partial charge in [-0.25, -0.2) is 4.79 Å². The zero-order valence-electron chi connectivity index (χ0n) is 13.6. The Hall–Kier alpha value is -2.67. The van der Waals surface area contributed by atoms with Crippen LogP contribution in [0.5, 0.6) is 0 Å². The Balaban J connectivity index is 2.39. The first-order valence-corrected chi connectivity index (χ1v) is 8.15. The minimum atomic E-state index is -0.709. The molecule has 0 radical (unpaired) electrons. The summed E-state index contributed by atoms with van der Waals surface area (Å²) < 4.78 is 4.97. The monoisotopic (exact) mass is 346 g/mol. The molecular formula is C17H18N2O4S. The molecule has 126 valence electrons. The highest BCUT2D eigenvalue weighted by molar-refractivity contribution is 7.18. The largest absolute Gasteiger partial charge is 0.462 e. The van der Waals surface area contributed by atoms with E-state index in [4.69, 9.17) is 10.5 Å². The molecule has 0 spiro atoms. The van der Waals surface area contributed by atoms with Crippen molar-refractivity contribution in [2.24, 2.45) is 5.73 Å². The molecule has 1 aromatic heterocycles. The predicted octanol–water partition coefficient (Wildman–Crippen LogP) is 2.89. The fourth-order valence-corrected chi connectivity index (χ4v) is 3.35. The van der Waals surface area contributed by atoms with E-state index in [9.17, 15) is 14.4 Å². The molecule has 7 heteroatoms. The third kappa shape index (κ3) is 3.62. The summed E-state index contributed by atoms with van der Waals surface area (Å²) in [4.78, 5) is 36.4. The van der Waals surface area contributed by atoms with Crippen LogP contribution in [0.3, 0.4) is 0 Å². The van der Waals surface area contributed by atoms with E-state index < -0.39 is 11.9 Å². The van der Waals surface area contributed by atoms with Crippen molar-refractivity contribution in [3.05, 3.63) is 51.4 Å². The Labute approximate surface area is 143 Å². The summed E-state index contributed by atoms with van der Waals surface area (Å²) in [5.74, 6) is -1.63. The van der Waals surface area contributed by atoms with Gasteiger partial charge in [0.05, 0.1) is 12.2 Å². The minimum absolute atomic E-state index is 0.129. The van der Waals surface area contributed by atoms with Crippen LogP contribution in [0.1, 0.15) is 48.4 Å². The van der Waals surface area contributed by atoms with Gasteiger partial charge in [0.25, 0.3) is 11.8 Å². The Morgan fingerprint density at radius 1 is 1.25 bits per heavy atom. The Kier molecular flexibility index (Phi) is 5.35. The highest BCUT2D eigenvalue weighted by Crippen LogP contribution is 2.33. The molecule has 2 aromatic rings. The summed E-state index contributed by atoms with van der Waals surface area (Å²) in [6.07, 6.45) is 0. The summed E-state index contributed by atoms with van der Waals surface area (Å²) in [7, 11) is 0. The lowest BCUT2D eigenvalue weighted by molar-refractivity contribution is 0.0531. The van der Waals surface area contributed by atoms with Crippen LogP contribution in [0.15, 0.2) is 24.3 Å². The first-order chi connectivity index (χ1) is 11.3. The maximum absolute atomic E-state index is 12.4. The molecule has 0 aliphatic carbocycles. The number of ether oxygens (including phenoxy) is 1. The standard InChI is InChI=1S/C17H18N2O4S/c1-4-23-17(22)13-10(3)12(14(18)20)16(24-13)19-15(21)11-7-5-6-9(2)8-11/h5-8H,4H2,1-3H3,(H2,18,20)(H,19,21). The number of hydrogen-bond donors (Lipinski definition) is 2. The third-order valence-corrected chi connectivity index (χ3v) is 4.55. The lowest BCUT2D eigenvalue weighted by Crippen LogP contribution is -2.17. The van der Waals surface area contributed by atoms with Crippen molar-refractivity contribution in [1.82, 2.24) is 0 Å². The van der Waals surface area contributed by atoms with E-state index in [1.807, 2.05) is 13.0 Å². The molecule has 0 atom stereocenters. The van der Waals surface area contributed by atoms with Gasteiger partial charge in [0.15, 0.2) is 0 Å². The summed E-state index contributed by atoms with van der Waals surface area (Å²) in [6, 6.07) is 7.04. The summed E-state index contributed by atoms with van der Waals surface area (Å²) in [5.41, 5.74) is 7.33. The number of primary amides is 1. The number of carbonyl (C=O) groups excluding carboxylic acids is 3. The second kappa shape index (κ2) is 7.27. The summed E-state index contributed by atoms with van der Waals surface area (Å²) in [5, 5.41) is 2.91. The van der Waals surface area contributed by atoms with Gasteiger partial charge >= 0.3 is 5.97 Å². The third-order valence-electron chi connectivity index (χ3n) is 3.36. The molecule has 2 rings (SSSR count). The molecule has 0 aliphatic heterocycles. The Morgan fingerprint density at radius 2 is 1.96 bits per heavy atom. The van der Waals surface area contributed by atoms with Crippen LogP contribution < -0.4 is 11.1 Å². The van der Waals surface area contributed by atoms with Crippen molar-refractivity contribution >= 4 is 34.1 Å². The average Bonchev–Trinajstić information content (AvgIpc) is 2.84. The average molecular weight is 346 g/mol. The van der Waals surface area contributed by atoms with Crippen molar-refractivity contribution in [2.45, 2.75) is 20.8 Å². The molecule has 1 aromatic carbocycles. The molecule has 24 heavy (non-hydrogen) atoms. The van der Waals surface area contributed by atoms with E-state index in [2.05, 4.69) is 5.32 Å². The Bertz CT molecular complexity index is 811. The normalized spacial score (nSPS) is 10.3. The van der Waals surface area contributed by atoms with Gasteiger partial charge in [-0.15, -0.1) is 11.3 Å². The van der Waals surface area contributed by atoms with E-state index in [1.54, 1.807) is 32.0 Å². The van der Waals surface area contributed by atoms with Crippen LogP contribution in [-0.4, -0.2) is 24.4 Å².